The molecule has 4 nitrogen and oxygen atoms in total. The average Bonchev–Trinajstić information content (AvgIpc) is 2.83. The highest BCUT2D eigenvalue weighted by molar-refractivity contribution is 5.76. The van der Waals surface area contributed by atoms with Gasteiger partial charge in [-0.3, -0.25) is 4.79 Å². The number of rotatable bonds is 3. The zero-order valence-electron chi connectivity index (χ0n) is 11.3. The number of para-hydroxylation sites is 1. The quantitative estimate of drug-likeness (QED) is 0.892. The van der Waals surface area contributed by atoms with Crippen LogP contribution >= 0.6 is 0 Å². The lowest BCUT2D eigenvalue weighted by atomic mass is 9.99. The Balaban J connectivity index is 1.55. The molecule has 2 aliphatic rings. The van der Waals surface area contributed by atoms with E-state index in [1.54, 1.807) is 0 Å². The monoisotopic (exact) mass is 260 g/mol. The highest BCUT2D eigenvalue weighted by Crippen LogP contribution is 2.32. The molecule has 4 heteroatoms. The second-order valence-corrected chi connectivity index (χ2v) is 5.46. The molecule has 3 rings (SSSR count). The van der Waals surface area contributed by atoms with E-state index in [1.165, 1.54) is 5.56 Å². The molecule has 0 saturated carbocycles. The minimum atomic E-state index is 0.257. The number of nitrogens with zero attached hydrogens (tertiary/aromatic N) is 1. The molecule has 2 aliphatic heterocycles. The standard InChI is InChI=1S/C15H20N2O2/c1-17-9-12(6-7-15(17)18)16-8-11-10-19-14-5-3-2-4-13(11)14/h2-5,11-12,16H,6-10H2,1H3. The minimum absolute atomic E-state index is 0.257. The number of hydrogen-bond acceptors (Lipinski definition) is 3. The molecule has 1 aromatic carbocycles. The fourth-order valence-corrected chi connectivity index (χ4v) is 2.89. The fourth-order valence-electron chi connectivity index (χ4n) is 2.89. The largest absolute Gasteiger partial charge is 0.493 e. The van der Waals surface area contributed by atoms with Gasteiger partial charge in [0.15, 0.2) is 0 Å². The number of likely N-dealkylation sites (tertiary alicyclic amines) is 1. The average molecular weight is 260 g/mol. The number of nitrogens with one attached hydrogen (secondary N) is 1. The summed E-state index contributed by atoms with van der Waals surface area (Å²) in [6, 6.07) is 8.66. The van der Waals surface area contributed by atoms with Gasteiger partial charge in [-0.2, -0.15) is 0 Å². The van der Waals surface area contributed by atoms with Gasteiger partial charge in [0.05, 0.1) is 6.61 Å². The first-order valence-electron chi connectivity index (χ1n) is 6.93. The summed E-state index contributed by atoms with van der Waals surface area (Å²) in [6.07, 6.45) is 1.60. The summed E-state index contributed by atoms with van der Waals surface area (Å²) in [5.41, 5.74) is 1.30. The number of ether oxygens (including phenoxy) is 1. The van der Waals surface area contributed by atoms with Crippen LogP contribution in [-0.4, -0.2) is 43.6 Å². The predicted octanol–water partition coefficient (Wildman–Crippen LogP) is 1.37. The number of fused-ring (bicyclic) bond motifs is 1. The van der Waals surface area contributed by atoms with E-state index in [1.807, 2.05) is 24.1 Å². The second-order valence-electron chi connectivity index (χ2n) is 5.46. The van der Waals surface area contributed by atoms with Crippen LogP contribution in [0.1, 0.15) is 24.3 Å². The van der Waals surface area contributed by atoms with E-state index in [9.17, 15) is 4.79 Å². The van der Waals surface area contributed by atoms with Gasteiger partial charge in [-0.1, -0.05) is 18.2 Å². The van der Waals surface area contributed by atoms with E-state index >= 15 is 0 Å². The van der Waals surface area contributed by atoms with Crippen molar-refractivity contribution < 1.29 is 9.53 Å². The summed E-state index contributed by atoms with van der Waals surface area (Å²) in [6.45, 7) is 2.49. The van der Waals surface area contributed by atoms with Gasteiger partial charge >= 0.3 is 0 Å². The highest BCUT2D eigenvalue weighted by atomic mass is 16.5. The Morgan fingerprint density at radius 1 is 1.42 bits per heavy atom. The lowest BCUT2D eigenvalue weighted by molar-refractivity contribution is -0.132. The summed E-state index contributed by atoms with van der Waals surface area (Å²) in [5, 5.41) is 3.58. The third kappa shape index (κ3) is 2.59. The van der Waals surface area contributed by atoms with Gasteiger partial charge in [0, 0.05) is 44.1 Å². The van der Waals surface area contributed by atoms with Gasteiger partial charge in [-0.15, -0.1) is 0 Å². The molecule has 0 aromatic heterocycles. The Hall–Kier alpha value is -1.55. The topological polar surface area (TPSA) is 41.6 Å². The molecule has 1 fully saturated rings. The number of benzene rings is 1. The number of amides is 1. The molecule has 1 aromatic rings. The molecule has 0 bridgehead atoms. The number of likely N-dealkylation sites (N-methyl/N-ethyl adjacent to an activating group) is 1. The van der Waals surface area contributed by atoms with Gasteiger partial charge in [0.25, 0.3) is 0 Å². The molecule has 0 spiro atoms. The van der Waals surface area contributed by atoms with Crippen LogP contribution < -0.4 is 10.1 Å². The summed E-state index contributed by atoms with van der Waals surface area (Å²) < 4.78 is 5.68. The van der Waals surface area contributed by atoms with Gasteiger partial charge in [-0.05, 0) is 12.5 Å². The van der Waals surface area contributed by atoms with Crippen LogP contribution in [0.4, 0.5) is 0 Å². The van der Waals surface area contributed by atoms with Crippen molar-refractivity contribution in [3.63, 3.8) is 0 Å². The van der Waals surface area contributed by atoms with Crippen LogP contribution in [0.25, 0.3) is 0 Å². The number of piperidine rings is 1. The Morgan fingerprint density at radius 3 is 3.11 bits per heavy atom. The third-order valence-electron chi connectivity index (χ3n) is 4.08. The second kappa shape index (κ2) is 5.21. The van der Waals surface area contributed by atoms with Gasteiger partial charge in [-0.25, -0.2) is 0 Å². The maximum absolute atomic E-state index is 11.4. The van der Waals surface area contributed by atoms with E-state index in [-0.39, 0.29) is 5.91 Å². The van der Waals surface area contributed by atoms with E-state index in [2.05, 4.69) is 17.4 Å². The normalized spacial score (nSPS) is 26.2. The predicted molar refractivity (Wildman–Crippen MR) is 73.3 cm³/mol. The highest BCUT2D eigenvalue weighted by Gasteiger charge is 2.26. The van der Waals surface area contributed by atoms with E-state index in [0.29, 0.717) is 18.4 Å². The third-order valence-corrected chi connectivity index (χ3v) is 4.08. The fraction of sp³-hybridized carbons (Fsp3) is 0.533. The SMILES string of the molecule is CN1CC(NCC2COc3ccccc32)CCC1=O. The van der Waals surface area contributed by atoms with Crippen LogP contribution in [0.2, 0.25) is 0 Å². The maximum Gasteiger partial charge on any atom is 0.222 e. The van der Waals surface area contributed by atoms with Crippen molar-refractivity contribution in [3.05, 3.63) is 29.8 Å². The molecule has 2 atom stereocenters. The van der Waals surface area contributed by atoms with Gasteiger partial charge in [0.1, 0.15) is 5.75 Å². The number of carbonyl (C=O) groups is 1. The van der Waals surface area contributed by atoms with Crippen molar-refractivity contribution in [2.45, 2.75) is 24.8 Å². The molecule has 1 N–H and O–H groups in total. The molecular formula is C15H20N2O2. The molecule has 102 valence electrons. The maximum atomic E-state index is 11.4. The Morgan fingerprint density at radius 2 is 2.26 bits per heavy atom. The van der Waals surface area contributed by atoms with E-state index in [4.69, 9.17) is 4.74 Å². The molecule has 0 aliphatic carbocycles. The van der Waals surface area contributed by atoms with Crippen molar-refractivity contribution in [1.29, 1.82) is 0 Å². The first kappa shape index (κ1) is 12.5. The van der Waals surface area contributed by atoms with Crippen molar-refractivity contribution in [2.75, 3.05) is 26.7 Å². The number of hydrogen-bond donors (Lipinski definition) is 1. The summed E-state index contributed by atoms with van der Waals surface area (Å²) in [4.78, 5) is 13.3. The lowest BCUT2D eigenvalue weighted by Crippen LogP contribution is -2.47. The first-order valence-corrected chi connectivity index (χ1v) is 6.93. The Bertz CT molecular complexity index is 475. The first-order chi connectivity index (χ1) is 9.24. The lowest BCUT2D eigenvalue weighted by Gasteiger charge is -2.30. The van der Waals surface area contributed by atoms with Crippen molar-refractivity contribution in [3.8, 4) is 5.75 Å². The van der Waals surface area contributed by atoms with E-state index < -0.39 is 0 Å². The van der Waals surface area contributed by atoms with Gasteiger partial charge < -0.3 is 15.0 Å². The zero-order chi connectivity index (χ0) is 13.2. The minimum Gasteiger partial charge on any atom is -0.493 e. The molecule has 19 heavy (non-hydrogen) atoms. The van der Waals surface area contributed by atoms with Crippen LogP contribution in [0.3, 0.4) is 0 Å². The number of carbonyl (C=O) groups excluding carboxylic acids is 1. The van der Waals surface area contributed by atoms with Gasteiger partial charge in [0.2, 0.25) is 5.91 Å². The van der Waals surface area contributed by atoms with Crippen molar-refractivity contribution in [2.24, 2.45) is 0 Å². The molecule has 0 radical (unpaired) electrons. The Kier molecular flexibility index (Phi) is 3.42. The molecule has 1 saturated heterocycles. The smallest absolute Gasteiger partial charge is 0.222 e. The van der Waals surface area contributed by atoms with Crippen LogP contribution in [0.15, 0.2) is 24.3 Å². The molecule has 2 unspecified atom stereocenters. The molecular weight excluding hydrogens is 240 g/mol. The summed E-state index contributed by atoms with van der Waals surface area (Å²) in [5.74, 6) is 1.71. The summed E-state index contributed by atoms with van der Waals surface area (Å²) in [7, 11) is 1.88. The van der Waals surface area contributed by atoms with Crippen LogP contribution in [-0.2, 0) is 4.79 Å². The van der Waals surface area contributed by atoms with Crippen molar-refractivity contribution >= 4 is 5.91 Å². The molecule has 2 heterocycles. The van der Waals surface area contributed by atoms with Crippen LogP contribution in [0.5, 0.6) is 5.75 Å². The van der Waals surface area contributed by atoms with E-state index in [0.717, 1.165) is 31.9 Å². The zero-order valence-corrected chi connectivity index (χ0v) is 11.3. The summed E-state index contributed by atoms with van der Waals surface area (Å²) >= 11 is 0. The Labute approximate surface area is 113 Å². The van der Waals surface area contributed by atoms with Crippen molar-refractivity contribution in [1.82, 2.24) is 10.2 Å². The van der Waals surface area contributed by atoms with Crippen LogP contribution in [0, 0.1) is 0 Å². The molecule has 1 amide bonds.